The molecule has 0 aliphatic heterocycles. The third-order valence-electron chi connectivity index (χ3n) is 5.39. The lowest BCUT2D eigenvalue weighted by atomic mass is 10.2. The molecule has 0 aliphatic rings. The van der Waals surface area contributed by atoms with Crippen molar-refractivity contribution in [2.75, 3.05) is 11.1 Å². The van der Waals surface area contributed by atoms with E-state index in [0.717, 1.165) is 16.5 Å². The maximum Gasteiger partial charge on any atom is 0.298 e. The standard InChI is InChI=1S/C25H22ClN3O2S/c1-17(16-32)28-12-10-21(11-13-28)27-25(31)24(30)23-14-19-4-2-3-5-22(19)29(23)15-18-6-8-20(26)9-7-18/h2-14,17,32H,15-16H2,1H3/p+1. The summed E-state index contributed by atoms with van der Waals surface area (Å²) in [6, 6.07) is 20.7. The fourth-order valence-corrected chi connectivity index (χ4v) is 3.87. The van der Waals surface area contributed by atoms with Gasteiger partial charge in [-0.15, -0.1) is 0 Å². The largest absolute Gasteiger partial charge is 0.333 e. The van der Waals surface area contributed by atoms with Gasteiger partial charge in [-0.05, 0) is 36.8 Å². The normalized spacial score (nSPS) is 12.0. The van der Waals surface area contributed by atoms with Crippen LogP contribution in [-0.2, 0) is 11.3 Å². The average molecular weight is 465 g/mol. The molecule has 1 atom stereocenters. The van der Waals surface area contributed by atoms with Gasteiger partial charge in [0.15, 0.2) is 18.4 Å². The maximum atomic E-state index is 13.1. The van der Waals surface area contributed by atoms with Crippen LogP contribution in [0.2, 0.25) is 5.02 Å². The van der Waals surface area contributed by atoms with Gasteiger partial charge in [-0.3, -0.25) is 9.59 Å². The molecule has 7 heteroatoms. The Morgan fingerprint density at radius 3 is 2.44 bits per heavy atom. The number of pyridine rings is 1. The molecular weight excluding hydrogens is 442 g/mol. The van der Waals surface area contributed by atoms with Crippen LogP contribution in [0, 0.1) is 0 Å². The SMILES string of the molecule is CC(CS)[n+]1ccc(NC(=O)C(=O)c2cc3ccccc3n2Cc2ccc(Cl)cc2)cc1. The van der Waals surface area contributed by atoms with Crippen molar-refractivity contribution in [1.29, 1.82) is 0 Å². The molecule has 1 unspecified atom stereocenters. The Labute approximate surface area is 197 Å². The van der Waals surface area contributed by atoms with E-state index in [-0.39, 0.29) is 6.04 Å². The lowest BCUT2D eigenvalue weighted by molar-refractivity contribution is -0.714. The van der Waals surface area contributed by atoms with Crippen LogP contribution in [0.5, 0.6) is 0 Å². The van der Waals surface area contributed by atoms with Gasteiger partial charge in [0.2, 0.25) is 0 Å². The minimum absolute atomic E-state index is 0.230. The second-order valence-electron chi connectivity index (χ2n) is 7.65. The lowest BCUT2D eigenvalue weighted by Gasteiger charge is -2.11. The van der Waals surface area contributed by atoms with E-state index in [4.69, 9.17) is 11.6 Å². The van der Waals surface area contributed by atoms with Crippen LogP contribution in [0.4, 0.5) is 5.69 Å². The molecule has 0 saturated heterocycles. The van der Waals surface area contributed by atoms with E-state index in [1.54, 1.807) is 18.2 Å². The Hall–Kier alpha value is -3.09. The molecule has 5 nitrogen and oxygen atoms in total. The Morgan fingerprint density at radius 1 is 1.06 bits per heavy atom. The van der Waals surface area contributed by atoms with E-state index in [9.17, 15) is 9.59 Å². The van der Waals surface area contributed by atoms with Crippen molar-refractivity contribution >= 4 is 52.5 Å². The molecule has 2 aromatic carbocycles. The third kappa shape index (κ3) is 4.71. The van der Waals surface area contributed by atoms with Gasteiger partial charge in [0.1, 0.15) is 0 Å². The Kier molecular flexibility index (Phi) is 6.63. The number of aromatic nitrogens is 2. The van der Waals surface area contributed by atoms with Gasteiger partial charge in [-0.25, -0.2) is 4.57 Å². The maximum absolute atomic E-state index is 13.1. The van der Waals surface area contributed by atoms with Crippen molar-refractivity contribution in [3.05, 3.63) is 95.4 Å². The number of nitrogens with zero attached hydrogens (tertiary/aromatic N) is 2. The lowest BCUT2D eigenvalue weighted by Crippen LogP contribution is -2.38. The number of hydrogen-bond acceptors (Lipinski definition) is 3. The van der Waals surface area contributed by atoms with E-state index in [2.05, 4.69) is 17.9 Å². The number of carbonyl (C=O) groups is 2. The zero-order chi connectivity index (χ0) is 22.7. The minimum atomic E-state index is -0.676. The number of nitrogens with one attached hydrogen (secondary N) is 1. The molecule has 0 fully saturated rings. The quantitative estimate of drug-likeness (QED) is 0.176. The first-order valence-corrected chi connectivity index (χ1v) is 11.3. The smallest absolute Gasteiger partial charge is 0.298 e. The van der Waals surface area contributed by atoms with Gasteiger partial charge in [-0.1, -0.05) is 41.9 Å². The van der Waals surface area contributed by atoms with E-state index in [1.807, 2.05) is 77.0 Å². The molecule has 0 radical (unpaired) electrons. The monoisotopic (exact) mass is 464 g/mol. The highest BCUT2D eigenvalue weighted by atomic mass is 35.5. The zero-order valence-electron chi connectivity index (χ0n) is 17.5. The summed E-state index contributed by atoms with van der Waals surface area (Å²) < 4.78 is 3.86. The molecule has 2 heterocycles. The molecule has 0 saturated carbocycles. The minimum Gasteiger partial charge on any atom is -0.333 e. The number of anilines is 1. The van der Waals surface area contributed by atoms with Crippen LogP contribution in [0.3, 0.4) is 0 Å². The number of carbonyl (C=O) groups excluding carboxylic acids is 2. The van der Waals surface area contributed by atoms with E-state index in [0.29, 0.717) is 28.7 Å². The summed E-state index contributed by atoms with van der Waals surface area (Å²) in [6.07, 6.45) is 3.72. The number of fused-ring (bicyclic) bond motifs is 1. The van der Waals surface area contributed by atoms with Crippen molar-refractivity contribution < 1.29 is 14.2 Å². The van der Waals surface area contributed by atoms with Crippen LogP contribution in [0.15, 0.2) is 79.1 Å². The number of rotatable bonds is 7. The van der Waals surface area contributed by atoms with Crippen molar-refractivity contribution in [2.45, 2.75) is 19.5 Å². The van der Waals surface area contributed by atoms with Gasteiger partial charge < -0.3 is 9.88 Å². The number of amides is 1. The zero-order valence-corrected chi connectivity index (χ0v) is 19.2. The van der Waals surface area contributed by atoms with Crippen LogP contribution in [-0.4, -0.2) is 22.0 Å². The first-order valence-electron chi connectivity index (χ1n) is 10.3. The highest BCUT2D eigenvalue weighted by molar-refractivity contribution is 7.80. The average Bonchev–Trinajstić information content (AvgIpc) is 3.18. The number of thiol groups is 1. The summed E-state index contributed by atoms with van der Waals surface area (Å²) in [4.78, 5) is 25.9. The second-order valence-corrected chi connectivity index (χ2v) is 8.45. The molecule has 32 heavy (non-hydrogen) atoms. The van der Waals surface area contributed by atoms with E-state index < -0.39 is 11.7 Å². The summed E-state index contributed by atoms with van der Waals surface area (Å²) in [7, 11) is 0. The van der Waals surface area contributed by atoms with Crippen molar-refractivity contribution in [1.82, 2.24) is 4.57 Å². The van der Waals surface area contributed by atoms with Crippen molar-refractivity contribution in [3.8, 4) is 0 Å². The topological polar surface area (TPSA) is 55.0 Å². The van der Waals surface area contributed by atoms with Gasteiger partial charge in [0, 0.05) is 34.6 Å². The Bertz CT molecular complexity index is 1270. The molecule has 4 rings (SSSR count). The van der Waals surface area contributed by atoms with E-state index in [1.165, 1.54) is 0 Å². The highest BCUT2D eigenvalue weighted by Crippen LogP contribution is 2.23. The molecular formula is C25H23ClN3O2S+. The number of halogens is 1. The van der Waals surface area contributed by atoms with Gasteiger partial charge in [0.25, 0.3) is 11.7 Å². The molecule has 1 amide bonds. The van der Waals surface area contributed by atoms with Gasteiger partial charge in [-0.2, -0.15) is 12.6 Å². The van der Waals surface area contributed by atoms with Crippen LogP contribution >= 0.6 is 24.2 Å². The number of hydrogen-bond donors (Lipinski definition) is 2. The fraction of sp³-hybridized carbons (Fsp3) is 0.160. The molecule has 0 spiro atoms. The van der Waals surface area contributed by atoms with Gasteiger partial charge >= 0.3 is 0 Å². The van der Waals surface area contributed by atoms with Crippen LogP contribution in [0.1, 0.15) is 29.0 Å². The predicted molar refractivity (Wildman–Crippen MR) is 131 cm³/mol. The first kappa shape index (κ1) is 22.1. The van der Waals surface area contributed by atoms with Gasteiger partial charge in [0.05, 0.1) is 17.1 Å². The number of ketones is 1. The van der Waals surface area contributed by atoms with Crippen LogP contribution < -0.4 is 9.88 Å². The molecule has 162 valence electrons. The highest BCUT2D eigenvalue weighted by Gasteiger charge is 2.23. The summed E-state index contributed by atoms with van der Waals surface area (Å²) in [5, 5.41) is 4.27. The van der Waals surface area contributed by atoms with Crippen molar-refractivity contribution in [2.24, 2.45) is 0 Å². The number of Topliss-reactive ketones (excluding diaryl/α,β-unsaturated/α-hetero) is 1. The number of para-hydroxylation sites is 1. The number of benzene rings is 2. The van der Waals surface area contributed by atoms with E-state index >= 15 is 0 Å². The molecule has 1 N–H and O–H groups in total. The third-order valence-corrected chi connectivity index (χ3v) is 6.17. The summed E-state index contributed by atoms with van der Waals surface area (Å²) >= 11 is 10.3. The Morgan fingerprint density at radius 2 is 1.75 bits per heavy atom. The van der Waals surface area contributed by atoms with Crippen LogP contribution in [0.25, 0.3) is 10.9 Å². The molecule has 0 aliphatic carbocycles. The predicted octanol–water partition coefficient (Wildman–Crippen LogP) is 4.94. The molecule has 2 aromatic heterocycles. The fourth-order valence-electron chi connectivity index (χ4n) is 3.55. The first-order chi connectivity index (χ1) is 15.5. The second kappa shape index (κ2) is 9.59. The molecule has 0 bridgehead atoms. The molecule has 4 aromatic rings. The summed E-state index contributed by atoms with van der Waals surface area (Å²) in [5.74, 6) is -0.562. The summed E-state index contributed by atoms with van der Waals surface area (Å²) in [5.41, 5.74) is 2.77. The Balaban J connectivity index is 1.61. The van der Waals surface area contributed by atoms with Crippen molar-refractivity contribution in [3.63, 3.8) is 0 Å². The summed E-state index contributed by atoms with van der Waals surface area (Å²) in [6.45, 7) is 2.50.